The molecule has 3 rings (SSSR count). The molecule has 0 spiro atoms. The number of methoxy groups -OCH3 is 1. The van der Waals surface area contributed by atoms with Crippen LogP contribution in [0.15, 0.2) is 42.5 Å². The van der Waals surface area contributed by atoms with E-state index in [1.54, 1.807) is 13.2 Å². The number of anilines is 1. The Morgan fingerprint density at radius 3 is 2.54 bits per heavy atom. The molecule has 0 unspecified atom stereocenters. The van der Waals surface area contributed by atoms with Gasteiger partial charge in [0.1, 0.15) is 5.75 Å². The fourth-order valence-corrected chi connectivity index (χ4v) is 3.49. The van der Waals surface area contributed by atoms with Crippen LogP contribution in [0.25, 0.3) is 0 Å². The number of nitrogens with zero attached hydrogens (tertiary/aromatic N) is 2. The molecule has 26 heavy (non-hydrogen) atoms. The molecule has 2 aromatic carbocycles. The topological polar surface area (TPSA) is 27.7 Å². The summed E-state index contributed by atoms with van der Waals surface area (Å²) in [5, 5.41) is 5.19. The lowest BCUT2D eigenvalue weighted by molar-refractivity contribution is 0.379. The van der Waals surface area contributed by atoms with E-state index >= 15 is 0 Å². The number of nitrogens with one attached hydrogen (secondary N) is 1. The predicted molar refractivity (Wildman–Crippen MR) is 113 cm³/mol. The number of halogens is 2. The van der Waals surface area contributed by atoms with Gasteiger partial charge in [-0.05, 0) is 42.0 Å². The molecule has 0 atom stereocenters. The molecule has 1 heterocycles. The number of hydrogen-bond donors (Lipinski definition) is 1. The van der Waals surface area contributed by atoms with Crippen molar-refractivity contribution in [3.05, 3.63) is 58.1 Å². The summed E-state index contributed by atoms with van der Waals surface area (Å²) < 4.78 is 5.31. The van der Waals surface area contributed by atoms with Crippen LogP contribution in [0.4, 0.5) is 5.69 Å². The third kappa shape index (κ3) is 4.72. The molecule has 1 fully saturated rings. The molecular weight excluding hydrogens is 389 g/mol. The number of benzene rings is 2. The van der Waals surface area contributed by atoms with Crippen LogP contribution in [0, 0.1) is 0 Å². The minimum atomic E-state index is 0.559. The van der Waals surface area contributed by atoms with Crippen LogP contribution < -0.4 is 15.0 Å². The van der Waals surface area contributed by atoms with Crippen molar-refractivity contribution >= 4 is 46.2 Å². The molecule has 7 heteroatoms. The first-order valence-electron chi connectivity index (χ1n) is 8.42. The summed E-state index contributed by atoms with van der Waals surface area (Å²) in [6.07, 6.45) is 0. The monoisotopic (exact) mass is 409 g/mol. The van der Waals surface area contributed by atoms with E-state index < -0.39 is 0 Å². The Morgan fingerprint density at radius 2 is 1.85 bits per heavy atom. The smallest absolute Gasteiger partial charge is 0.169 e. The Balaban J connectivity index is 1.50. The summed E-state index contributed by atoms with van der Waals surface area (Å²) in [6.45, 7) is 4.23. The number of ether oxygens (including phenoxy) is 1. The lowest BCUT2D eigenvalue weighted by Crippen LogP contribution is -2.51. The average molecular weight is 410 g/mol. The molecular formula is C19H21Cl2N3OS. The van der Waals surface area contributed by atoms with Gasteiger partial charge in [0.25, 0.3) is 0 Å². The van der Waals surface area contributed by atoms with Crippen LogP contribution in [0.1, 0.15) is 5.56 Å². The number of thiocarbonyl (C=S) groups is 1. The van der Waals surface area contributed by atoms with E-state index in [4.69, 9.17) is 40.2 Å². The zero-order valence-corrected chi connectivity index (χ0v) is 16.9. The van der Waals surface area contributed by atoms with Gasteiger partial charge < -0.3 is 19.9 Å². The highest BCUT2D eigenvalue weighted by atomic mass is 35.5. The van der Waals surface area contributed by atoms with E-state index in [1.165, 1.54) is 5.69 Å². The Kier molecular flexibility index (Phi) is 6.46. The average Bonchev–Trinajstić information content (AvgIpc) is 2.69. The van der Waals surface area contributed by atoms with E-state index in [-0.39, 0.29) is 0 Å². The van der Waals surface area contributed by atoms with Gasteiger partial charge >= 0.3 is 0 Å². The van der Waals surface area contributed by atoms with Crippen molar-refractivity contribution in [1.82, 2.24) is 10.2 Å². The molecule has 0 aromatic heterocycles. The van der Waals surface area contributed by atoms with Gasteiger partial charge in [0, 0.05) is 44.5 Å². The number of rotatable bonds is 4. The summed E-state index contributed by atoms with van der Waals surface area (Å²) >= 11 is 17.5. The minimum Gasteiger partial charge on any atom is -0.497 e. The Hall–Kier alpha value is -1.69. The molecule has 2 aromatic rings. The second kappa shape index (κ2) is 8.80. The maximum absolute atomic E-state index is 6.06. The summed E-state index contributed by atoms with van der Waals surface area (Å²) in [5.74, 6) is 0.878. The van der Waals surface area contributed by atoms with Crippen molar-refractivity contribution in [2.75, 3.05) is 38.2 Å². The van der Waals surface area contributed by atoms with Crippen molar-refractivity contribution in [2.24, 2.45) is 0 Å². The minimum absolute atomic E-state index is 0.559. The molecule has 0 radical (unpaired) electrons. The molecule has 4 nitrogen and oxygen atoms in total. The standard InChI is InChI=1S/C19H21Cl2N3OS/c1-25-16-4-2-3-15(12-16)23-7-9-24(10-8-23)19(26)22-13-14-5-6-17(20)18(21)11-14/h2-6,11-12H,7-10,13H2,1H3,(H,22,26). The lowest BCUT2D eigenvalue weighted by Gasteiger charge is -2.37. The Morgan fingerprint density at radius 1 is 1.08 bits per heavy atom. The second-order valence-electron chi connectivity index (χ2n) is 6.08. The summed E-state index contributed by atoms with van der Waals surface area (Å²) in [5.41, 5.74) is 2.23. The highest BCUT2D eigenvalue weighted by molar-refractivity contribution is 7.80. The zero-order valence-electron chi connectivity index (χ0n) is 14.5. The molecule has 0 aliphatic carbocycles. The van der Waals surface area contributed by atoms with Gasteiger partial charge in [0.2, 0.25) is 0 Å². The molecule has 1 saturated heterocycles. The third-order valence-corrected chi connectivity index (χ3v) is 5.55. The van der Waals surface area contributed by atoms with Crippen molar-refractivity contribution in [2.45, 2.75) is 6.54 Å². The van der Waals surface area contributed by atoms with E-state index in [0.717, 1.165) is 42.6 Å². The van der Waals surface area contributed by atoms with Crippen molar-refractivity contribution in [3.63, 3.8) is 0 Å². The lowest BCUT2D eigenvalue weighted by atomic mass is 10.2. The first kappa shape index (κ1) is 19.1. The van der Waals surface area contributed by atoms with Gasteiger partial charge in [-0.2, -0.15) is 0 Å². The molecule has 0 amide bonds. The van der Waals surface area contributed by atoms with Crippen LogP contribution in [-0.4, -0.2) is 43.3 Å². The van der Waals surface area contributed by atoms with Gasteiger partial charge in [-0.25, -0.2) is 0 Å². The van der Waals surface area contributed by atoms with Gasteiger partial charge in [0.05, 0.1) is 17.2 Å². The van der Waals surface area contributed by atoms with Crippen molar-refractivity contribution in [3.8, 4) is 5.75 Å². The maximum Gasteiger partial charge on any atom is 0.169 e. The predicted octanol–water partition coefficient (Wildman–Crippen LogP) is 4.20. The van der Waals surface area contributed by atoms with Crippen molar-refractivity contribution in [1.29, 1.82) is 0 Å². The summed E-state index contributed by atoms with van der Waals surface area (Å²) in [6, 6.07) is 13.8. The normalized spacial score (nSPS) is 14.3. The fourth-order valence-electron chi connectivity index (χ4n) is 2.91. The first-order valence-corrected chi connectivity index (χ1v) is 9.59. The first-order chi connectivity index (χ1) is 12.6. The largest absolute Gasteiger partial charge is 0.497 e. The highest BCUT2D eigenvalue weighted by Gasteiger charge is 2.19. The third-order valence-electron chi connectivity index (χ3n) is 4.41. The van der Waals surface area contributed by atoms with E-state index in [9.17, 15) is 0 Å². The molecule has 138 valence electrons. The highest BCUT2D eigenvalue weighted by Crippen LogP contribution is 2.23. The van der Waals surface area contributed by atoms with Crippen LogP contribution in [0.3, 0.4) is 0 Å². The van der Waals surface area contributed by atoms with E-state index in [2.05, 4.69) is 27.2 Å². The molecule has 1 aliphatic heterocycles. The van der Waals surface area contributed by atoms with E-state index in [0.29, 0.717) is 16.6 Å². The zero-order chi connectivity index (χ0) is 18.5. The van der Waals surface area contributed by atoms with Gasteiger partial charge in [-0.3, -0.25) is 0 Å². The second-order valence-corrected chi connectivity index (χ2v) is 7.28. The van der Waals surface area contributed by atoms with Gasteiger partial charge in [-0.1, -0.05) is 35.3 Å². The Labute approximate surface area is 169 Å². The maximum atomic E-state index is 6.06. The van der Waals surface area contributed by atoms with E-state index in [1.807, 2.05) is 24.3 Å². The quantitative estimate of drug-likeness (QED) is 0.763. The number of piperazine rings is 1. The molecule has 1 N–H and O–H groups in total. The van der Waals surface area contributed by atoms with Crippen LogP contribution in [-0.2, 0) is 6.54 Å². The van der Waals surface area contributed by atoms with Gasteiger partial charge in [0.15, 0.2) is 5.11 Å². The van der Waals surface area contributed by atoms with Crippen LogP contribution >= 0.6 is 35.4 Å². The molecule has 1 aliphatic rings. The van der Waals surface area contributed by atoms with Crippen LogP contribution in [0.2, 0.25) is 10.0 Å². The van der Waals surface area contributed by atoms with Crippen LogP contribution in [0.5, 0.6) is 5.75 Å². The number of hydrogen-bond acceptors (Lipinski definition) is 3. The van der Waals surface area contributed by atoms with Crippen molar-refractivity contribution < 1.29 is 4.74 Å². The summed E-state index contributed by atoms with van der Waals surface area (Å²) in [7, 11) is 1.69. The molecule has 0 bridgehead atoms. The fraction of sp³-hybridized carbons (Fsp3) is 0.316. The Bertz CT molecular complexity index is 779. The molecule has 0 saturated carbocycles. The summed E-state index contributed by atoms with van der Waals surface area (Å²) in [4.78, 5) is 4.55. The SMILES string of the molecule is COc1cccc(N2CCN(C(=S)NCc3ccc(Cl)c(Cl)c3)CC2)c1. The van der Waals surface area contributed by atoms with Gasteiger partial charge in [-0.15, -0.1) is 0 Å².